The van der Waals surface area contributed by atoms with Gasteiger partial charge in [0.25, 0.3) is 0 Å². The van der Waals surface area contributed by atoms with E-state index in [4.69, 9.17) is 0 Å². The van der Waals surface area contributed by atoms with Crippen LogP contribution in [0.4, 0.5) is 4.39 Å². The Morgan fingerprint density at radius 2 is 2.24 bits per heavy atom. The van der Waals surface area contributed by atoms with Gasteiger partial charge in [-0.3, -0.25) is 4.79 Å². The molecule has 2 heterocycles. The van der Waals surface area contributed by atoms with Crippen LogP contribution in [0.15, 0.2) is 30.7 Å². The Bertz CT molecular complexity index is 662. The highest BCUT2D eigenvalue weighted by Gasteiger charge is 2.23. The van der Waals surface area contributed by atoms with Crippen molar-refractivity contribution >= 4 is 5.91 Å². The number of amides is 1. The van der Waals surface area contributed by atoms with Gasteiger partial charge < -0.3 is 4.90 Å². The smallest absolute Gasteiger partial charge is 0.223 e. The first kappa shape index (κ1) is 13.7. The Morgan fingerprint density at radius 3 is 3.00 bits per heavy atom. The molecule has 1 aliphatic heterocycles. The Morgan fingerprint density at radius 1 is 1.38 bits per heavy atom. The third-order valence-corrected chi connectivity index (χ3v) is 3.79. The van der Waals surface area contributed by atoms with Crippen molar-refractivity contribution in [1.29, 1.82) is 0 Å². The number of carbonyl (C=O) groups excluding carboxylic acids is 1. The van der Waals surface area contributed by atoms with E-state index in [9.17, 15) is 9.18 Å². The number of halogens is 1. The molecule has 0 spiro atoms. The van der Waals surface area contributed by atoms with Gasteiger partial charge in [0.2, 0.25) is 5.91 Å². The third kappa shape index (κ3) is 2.91. The van der Waals surface area contributed by atoms with Crippen molar-refractivity contribution < 1.29 is 9.18 Å². The fraction of sp³-hybridized carbons (Fsp3) is 0.312. The van der Waals surface area contributed by atoms with Gasteiger partial charge in [-0.25, -0.2) is 14.4 Å². The van der Waals surface area contributed by atoms with E-state index in [0.717, 1.165) is 16.8 Å². The summed E-state index contributed by atoms with van der Waals surface area (Å²) in [5, 5.41) is 0. The van der Waals surface area contributed by atoms with Gasteiger partial charge in [-0.15, -0.1) is 0 Å². The Hall–Kier alpha value is -2.30. The maximum atomic E-state index is 13.2. The fourth-order valence-electron chi connectivity index (χ4n) is 2.55. The minimum absolute atomic E-state index is 0.0926. The van der Waals surface area contributed by atoms with Gasteiger partial charge in [0.1, 0.15) is 12.1 Å². The second-order valence-electron chi connectivity index (χ2n) is 5.33. The van der Waals surface area contributed by atoms with Crippen LogP contribution in [0.2, 0.25) is 0 Å². The molecule has 108 valence electrons. The van der Waals surface area contributed by atoms with E-state index in [1.165, 1.54) is 12.4 Å². The molecule has 0 saturated heterocycles. The van der Waals surface area contributed by atoms with Gasteiger partial charge in [0, 0.05) is 24.7 Å². The first-order valence-corrected chi connectivity index (χ1v) is 6.94. The molecular formula is C16H16FN3O. The molecule has 0 N–H and O–H groups in total. The zero-order chi connectivity index (χ0) is 14.8. The largest absolute Gasteiger partial charge is 0.332 e. The first-order valence-electron chi connectivity index (χ1n) is 6.94. The molecule has 0 atom stereocenters. The van der Waals surface area contributed by atoms with E-state index in [1.54, 1.807) is 30.2 Å². The lowest BCUT2D eigenvalue weighted by molar-refractivity contribution is -0.131. The molecule has 1 amide bonds. The topological polar surface area (TPSA) is 46.1 Å². The molecule has 1 aliphatic rings. The van der Waals surface area contributed by atoms with Gasteiger partial charge in [-0.05, 0) is 30.5 Å². The van der Waals surface area contributed by atoms with Crippen molar-refractivity contribution in [2.24, 2.45) is 0 Å². The van der Waals surface area contributed by atoms with Gasteiger partial charge >= 0.3 is 0 Å². The van der Waals surface area contributed by atoms with E-state index in [0.29, 0.717) is 31.5 Å². The fourth-order valence-corrected chi connectivity index (χ4v) is 2.55. The summed E-state index contributed by atoms with van der Waals surface area (Å²) in [6, 6.07) is 4.99. The summed E-state index contributed by atoms with van der Waals surface area (Å²) < 4.78 is 13.2. The predicted molar refractivity (Wildman–Crippen MR) is 75.7 cm³/mol. The molecule has 3 rings (SSSR count). The second-order valence-corrected chi connectivity index (χ2v) is 5.33. The molecule has 4 nitrogen and oxygen atoms in total. The van der Waals surface area contributed by atoms with Crippen LogP contribution in [0.1, 0.15) is 28.8 Å². The van der Waals surface area contributed by atoms with Crippen LogP contribution < -0.4 is 0 Å². The Balaban J connectivity index is 1.59. The molecule has 0 fully saturated rings. The number of benzene rings is 1. The number of hydrogen-bond acceptors (Lipinski definition) is 3. The SMILES string of the molecule is Cc1cc(CCC(=O)N2Cc3cncnc3C2)ccc1F. The average Bonchev–Trinajstić information content (AvgIpc) is 2.92. The van der Waals surface area contributed by atoms with E-state index in [1.807, 2.05) is 0 Å². The predicted octanol–water partition coefficient (Wildman–Crippen LogP) is 2.40. The van der Waals surface area contributed by atoms with Crippen molar-refractivity contribution in [3.05, 3.63) is 58.9 Å². The summed E-state index contributed by atoms with van der Waals surface area (Å²) in [5.74, 6) is -0.117. The summed E-state index contributed by atoms with van der Waals surface area (Å²) in [6.45, 7) is 2.87. The van der Waals surface area contributed by atoms with Gasteiger partial charge in [-0.1, -0.05) is 12.1 Å². The summed E-state index contributed by atoms with van der Waals surface area (Å²) in [6.07, 6.45) is 4.32. The highest BCUT2D eigenvalue weighted by Crippen LogP contribution is 2.20. The van der Waals surface area contributed by atoms with Crippen molar-refractivity contribution in [3.63, 3.8) is 0 Å². The first-order chi connectivity index (χ1) is 10.1. The minimum atomic E-state index is -0.210. The molecule has 0 aliphatic carbocycles. The van der Waals surface area contributed by atoms with Crippen LogP contribution in [0, 0.1) is 12.7 Å². The van der Waals surface area contributed by atoms with E-state index in [2.05, 4.69) is 9.97 Å². The number of rotatable bonds is 3. The molecule has 0 unspecified atom stereocenters. The molecule has 21 heavy (non-hydrogen) atoms. The normalized spacial score (nSPS) is 13.3. The summed E-state index contributed by atoms with van der Waals surface area (Å²) in [7, 11) is 0. The number of aryl methyl sites for hydroxylation is 2. The molecule has 2 aromatic rings. The minimum Gasteiger partial charge on any atom is -0.332 e. The molecule has 5 heteroatoms. The van der Waals surface area contributed by atoms with Crippen LogP contribution in [0.25, 0.3) is 0 Å². The van der Waals surface area contributed by atoms with E-state index in [-0.39, 0.29) is 11.7 Å². The standard InChI is InChI=1S/C16H16FN3O/c1-11-6-12(2-4-14(11)17)3-5-16(21)20-8-13-7-18-10-19-15(13)9-20/h2,4,6-7,10H,3,5,8-9H2,1H3. The summed E-state index contributed by atoms with van der Waals surface area (Å²) >= 11 is 0. The quantitative estimate of drug-likeness (QED) is 0.870. The van der Waals surface area contributed by atoms with Crippen LogP contribution in [-0.4, -0.2) is 20.8 Å². The van der Waals surface area contributed by atoms with Crippen LogP contribution >= 0.6 is 0 Å². The molecule has 0 saturated carbocycles. The monoisotopic (exact) mass is 285 g/mol. The molecular weight excluding hydrogens is 269 g/mol. The number of aromatic nitrogens is 2. The van der Waals surface area contributed by atoms with Crippen molar-refractivity contribution in [2.45, 2.75) is 32.9 Å². The van der Waals surface area contributed by atoms with Gasteiger partial charge in [-0.2, -0.15) is 0 Å². The third-order valence-electron chi connectivity index (χ3n) is 3.79. The second kappa shape index (κ2) is 5.60. The zero-order valence-corrected chi connectivity index (χ0v) is 11.8. The maximum Gasteiger partial charge on any atom is 0.223 e. The number of fused-ring (bicyclic) bond motifs is 1. The highest BCUT2D eigenvalue weighted by molar-refractivity contribution is 5.77. The van der Waals surface area contributed by atoms with Gasteiger partial charge in [0.05, 0.1) is 12.2 Å². The molecule has 0 radical (unpaired) electrons. The zero-order valence-electron chi connectivity index (χ0n) is 11.8. The van der Waals surface area contributed by atoms with Crippen LogP contribution in [-0.2, 0) is 24.3 Å². The van der Waals surface area contributed by atoms with Crippen LogP contribution in [0.5, 0.6) is 0 Å². The number of nitrogens with zero attached hydrogens (tertiary/aromatic N) is 3. The molecule has 1 aromatic heterocycles. The number of hydrogen-bond donors (Lipinski definition) is 0. The van der Waals surface area contributed by atoms with Crippen molar-refractivity contribution in [2.75, 3.05) is 0 Å². The van der Waals surface area contributed by atoms with Gasteiger partial charge in [0.15, 0.2) is 0 Å². The van der Waals surface area contributed by atoms with Crippen LogP contribution in [0.3, 0.4) is 0 Å². The maximum absolute atomic E-state index is 13.2. The Labute approximate surface area is 122 Å². The lowest BCUT2D eigenvalue weighted by Gasteiger charge is -2.15. The van der Waals surface area contributed by atoms with E-state index < -0.39 is 0 Å². The molecule has 1 aromatic carbocycles. The highest BCUT2D eigenvalue weighted by atomic mass is 19.1. The molecule has 0 bridgehead atoms. The number of carbonyl (C=O) groups is 1. The Kier molecular flexibility index (Phi) is 3.64. The average molecular weight is 285 g/mol. The summed E-state index contributed by atoms with van der Waals surface area (Å²) in [4.78, 5) is 22.2. The lowest BCUT2D eigenvalue weighted by atomic mass is 10.1. The lowest BCUT2D eigenvalue weighted by Crippen LogP contribution is -2.25. The van der Waals surface area contributed by atoms with Crippen molar-refractivity contribution in [1.82, 2.24) is 14.9 Å². The van der Waals surface area contributed by atoms with E-state index >= 15 is 0 Å². The summed E-state index contributed by atoms with van der Waals surface area (Å²) in [5.41, 5.74) is 3.54. The van der Waals surface area contributed by atoms with Crippen molar-refractivity contribution in [3.8, 4) is 0 Å².